The van der Waals surface area contributed by atoms with Crippen LogP contribution in [-0.4, -0.2) is 18.5 Å². The molecule has 33 heavy (non-hydrogen) atoms. The van der Waals surface area contributed by atoms with Crippen LogP contribution < -0.4 is 14.9 Å². The lowest BCUT2D eigenvalue weighted by atomic mass is 9.97. The van der Waals surface area contributed by atoms with Gasteiger partial charge in [0, 0.05) is 28.3 Å². The molecule has 0 spiro atoms. The number of benzene rings is 3. The molecular weight excluding hydrogens is 462 g/mol. The Morgan fingerprint density at radius 2 is 1.61 bits per heavy atom. The molecule has 0 aliphatic heterocycles. The van der Waals surface area contributed by atoms with Gasteiger partial charge in [0.05, 0.1) is 17.6 Å². The highest BCUT2D eigenvalue weighted by atomic mass is 35.5. The molecule has 1 heterocycles. The fourth-order valence-electron chi connectivity index (χ4n) is 3.67. The molecule has 0 amide bonds. The van der Waals surface area contributed by atoms with E-state index in [1.165, 1.54) is 37.4 Å². The van der Waals surface area contributed by atoms with Gasteiger partial charge >= 0.3 is 6.36 Å². The molecule has 0 saturated heterocycles. The number of aromatic amines is 1. The summed E-state index contributed by atoms with van der Waals surface area (Å²) in [6.45, 7) is 1.63. The second kappa shape index (κ2) is 8.44. The topological polar surface area (TPSA) is 51.3 Å². The van der Waals surface area contributed by atoms with E-state index in [9.17, 15) is 22.4 Å². The number of fused-ring (bicyclic) bond motifs is 1. The molecule has 3 aromatic carbocycles. The molecule has 170 valence electrons. The smallest absolute Gasteiger partial charge is 0.495 e. The Hall–Kier alpha value is -3.52. The van der Waals surface area contributed by atoms with E-state index < -0.39 is 23.4 Å². The lowest BCUT2D eigenvalue weighted by molar-refractivity contribution is -0.274. The Kier molecular flexibility index (Phi) is 5.80. The number of H-pyrrole nitrogens is 1. The molecule has 9 heteroatoms. The molecule has 0 bridgehead atoms. The minimum atomic E-state index is -4.97. The van der Waals surface area contributed by atoms with E-state index in [0.717, 1.165) is 18.2 Å². The van der Waals surface area contributed by atoms with E-state index in [-0.39, 0.29) is 27.1 Å². The minimum absolute atomic E-state index is 0.0960. The van der Waals surface area contributed by atoms with Crippen LogP contribution in [0.2, 0.25) is 5.02 Å². The number of ether oxygens (including phenoxy) is 2. The van der Waals surface area contributed by atoms with Gasteiger partial charge in [-0.3, -0.25) is 4.79 Å². The van der Waals surface area contributed by atoms with Gasteiger partial charge in [-0.1, -0.05) is 35.9 Å². The normalized spacial score (nSPS) is 11.6. The van der Waals surface area contributed by atoms with Crippen LogP contribution in [0, 0.1) is 12.7 Å². The Morgan fingerprint density at radius 1 is 0.939 bits per heavy atom. The summed E-state index contributed by atoms with van der Waals surface area (Å²) in [5, 5.41) is 0.473. The van der Waals surface area contributed by atoms with Crippen molar-refractivity contribution in [2.75, 3.05) is 7.11 Å². The van der Waals surface area contributed by atoms with E-state index in [0.29, 0.717) is 22.5 Å². The molecule has 0 aliphatic carbocycles. The molecule has 4 nitrogen and oxygen atoms in total. The van der Waals surface area contributed by atoms with Crippen molar-refractivity contribution in [1.82, 2.24) is 4.98 Å². The van der Waals surface area contributed by atoms with E-state index >= 15 is 0 Å². The van der Waals surface area contributed by atoms with E-state index in [1.807, 2.05) is 0 Å². The van der Waals surface area contributed by atoms with Gasteiger partial charge < -0.3 is 14.5 Å². The summed E-state index contributed by atoms with van der Waals surface area (Å²) in [4.78, 5) is 16.3. The molecule has 0 radical (unpaired) electrons. The third-order valence-corrected chi connectivity index (χ3v) is 5.41. The molecule has 0 fully saturated rings. The number of pyridine rings is 1. The first-order chi connectivity index (χ1) is 15.6. The van der Waals surface area contributed by atoms with Crippen molar-refractivity contribution in [1.29, 1.82) is 0 Å². The first-order valence-corrected chi connectivity index (χ1v) is 10.0. The standard InChI is InChI=1S/C24H16ClF4NO3/c1-12-22(23(31)17-10-18(25)21(32-2)11-19(17)30-12)14-5-8-16(13-3-6-15(26)7-4-13)20(9-14)33-24(27,28)29/h3-11H,1-2H3,(H,30,31). The van der Waals surface area contributed by atoms with Gasteiger partial charge in [0.25, 0.3) is 0 Å². The summed E-state index contributed by atoms with van der Waals surface area (Å²) in [6.07, 6.45) is -4.97. The Morgan fingerprint density at radius 3 is 2.24 bits per heavy atom. The quantitative estimate of drug-likeness (QED) is 0.326. The van der Waals surface area contributed by atoms with Crippen molar-refractivity contribution >= 4 is 22.5 Å². The van der Waals surface area contributed by atoms with Crippen LogP contribution in [0.5, 0.6) is 11.5 Å². The van der Waals surface area contributed by atoms with Crippen LogP contribution >= 0.6 is 11.6 Å². The Balaban J connectivity index is 1.93. The monoisotopic (exact) mass is 477 g/mol. The highest BCUT2D eigenvalue weighted by Crippen LogP contribution is 2.38. The van der Waals surface area contributed by atoms with Crippen molar-refractivity contribution < 1.29 is 27.0 Å². The number of alkyl halides is 3. The van der Waals surface area contributed by atoms with Crippen LogP contribution in [0.25, 0.3) is 33.2 Å². The van der Waals surface area contributed by atoms with Crippen LogP contribution in [-0.2, 0) is 0 Å². The molecule has 0 atom stereocenters. The van der Waals surface area contributed by atoms with Crippen LogP contribution in [0.1, 0.15) is 5.69 Å². The van der Waals surface area contributed by atoms with E-state index in [4.69, 9.17) is 16.3 Å². The SMILES string of the molecule is COc1cc2[nH]c(C)c(-c3ccc(-c4ccc(F)cc4)c(OC(F)(F)F)c3)c(=O)c2cc1Cl. The molecule has 4 aromatic rings. The molecule has 1 N–H and O–H groups in total. The number of aromatic nitrogens is 1. The zero-order valence-corrected chi connectivity index (χ0v) is 18.1. The van der Waals surface area contributed by atoms with Crippen LogP contribution in [0.4, 0.5) is 17.6 Å². The lowest BCUT2D eigenvalue weighted by Gasteiger charge is -2.16. The molecule has 4 rings (SSSR count). The van der Waals surface area contributed by atoms with Crippen LogP contribution in [0.15, 0.2) is 59.4 Å². The van der Waals surface area contributed by atoms with Gasteiger partial charge in [-0.25, -0.2) is 4.39 Å². The second-order valence-corrected chi connectivity index (χ2v) is 7.66. The summed E-state index contributed by atoms with van der Waals surface area (Å²) >= 11 is 6.16. The summed E-state index contributed by atoms with van der Waals surface area (Å²) < 4.78 is 62.1. The zero-order chi connectivity index (χ0) is 23.9. The molecule has 0 saturated carbocycles. The maximum absolute atomic E-state index is 13.3. The van der Waals surface area contributed by atoms with E-state index in [2.05, 4.69) is 9.72 Å². The summed E-state index contributed by atoms with van der Waals surface area (Å²) in [7, 11) is 1.44. The van der Waals surface area contributed by atoms with Gasteiger partial charge in [0.2, 0.25) is 0 Å². The minimum Gasteiger partial charge on any atom is -0.495 e. The summed E-state index contributed by atoms with van der Waals surface area (Å²) in [5.41, 5.74) is 1.29. The van der Waals surface area contributed by atoms with Crippen molar-refractivity contribution in [3.05, 3.63) is 81.4 Å². The van der Waals surface area contributed by atoms with Gasteiger partial charge in [-0.2, -0.15) is 0 Å². The third kappa shape index (κ3) is 4.52. The van der Waals surface area contributed by atoms with Crippen molar-refractivity contribution in [2.45, 2.75) is 13.3 Å². The third-order valence-electron chi connectivity index (χ3n) is 5.11. The zero-order valence-electron chi connectivity index (χ0n) is 17.3. The number of aryl methyl sites for hydroxylation is 1. The van der Waals surface area contributed by atoms with Crippen molar-refractivity contribution in [2.24, 2.45) is 0 Å². The lowest BCUT2D eigenvalue weighted by Crippen LogP contribution is -2.18. The molecule has 1 aromatic heterocycles. The average Bonchev–Trinajstić information content (AvgIpc) is 2.74. The van der Waals surface area contributed by atoms with Gasteiger partial charge in [-0.15, -0.1) is 13.2 Å². The first kappa shape index (κ1) is 22.7. The largest absolute Gasteiger partial charge is 0.573 e. The number of hydrogen-bond donors (Lipinski definition) is 1. The number of hydrogen-bond acceptors (Lipinski definition) is 3. The number of methoxy groups -OCH3 is 1. The maximum atomic E-state index is 13.3. The predicted molar refractivity (Wildman–Crippen MR) is 118 cm³/mol. The van der Waals surface area contributed by atoms with Crippen molar-refractivity contribution in [3.63, 3.8) is 0 Å². The van der Waals surface area contributed by atoms with Gasteiger partial charge in [0.1, 0.15) is 17.3 Å². The first-order valence-electron chi connectivity index (χ1n) is 9.63. The summed E-state index contributed by atoms with van der Waals surface area (Å²) in [6, 6.07) is 12.0. The molecular formula is C24H16ClF4NO3. The van der Waals surface area contributed by atoms with Gasteiger partial charge in [0.15, 0.2) is 5.43 Å². The number of nitrogens with one attached hydrogen (secondary N) is 1. The fourth-order valence-corrected chi connectivity index (χ4v) is 3.91. The molecule has 0 unspecified atom stereocenters. The highest BCUT2D eigenvalue weighted by Gasteiger charge is 2.32. The van der Waals surface area contributed by atoms with Crippen LogP contribution in [0.3, 0.4) is 0 Å². The van der Waals surface area contributed by atoms with Crippen molar-refractivity contribution in [3.8, 4) is 33.8 Å². The number of rotatable bonds is 4. The summed E-state index contributed by atoms with van der Waals surface area (Å²) in [5.74, 6) is -0.669. The fraction of sp³-hybridized carbons (Fsp3) is 0.125. The van der Waals surface area contributed by atoms with E-state index in [1.54, 1.807) is 13.0 Å². The molecule has 0 aliphatic rings. The Bertz CT molecular complexity index is 1410. The maximum Gasteiger partial charge on any atom is 0.573 e. The predicted octanol–water partition coefficient (Wildman–Crippen LogP) is 6.87. The Labute approximate surface area is 190 Å². The highest BCUT2D eigenvalue weighted by molar-refractivity contribution is 6.32. The number of halogens is 5. The second-order valence-electron chi connectivity index (χ2n) is 7.25. The van der Waals surface area contributed by atoms with Gasteiger partial charge in [-0.05, 0) is 42.3 Å². The average molecular weight is 478 g/mol.